The summed E-state index contributed by atoms with van der Waals surface area (Å²) in [7, 11) is 0. The van der Waals surface area contributed by atoms with Gasteiger partial charge in [0.1, 0.15) is 0 Å². The number of nitrogens with zero attached hydrogens (tertiary/aromatic N) is 2. The van der Waals surface area contributed by atoms with Gasteiger partial charge in [0.15, 0.2) is 0 Å². The molecular formula is C62H62N2. The van der Waals surface area contributed by atoms with Crippen LogP contribution in [-0.2, 0) is 16.2 Å². The number of fused-ring (bicyclic) bond motifs is 3. The van der Waals surface area contributed by atoms with Crippen LogP contribution in [0.3, 0.4) is 0 Å². The van der Waals surface area contributed by atoms with Crippen molar-refractivity contribution >= 4 is 34.1 Å². The quantitative estimate of drug-likeness (QED) is 0.143. The van der Waals surface area contributed by atoms with Crippen LogP contribution in [0.1, 0.15) is 113 Å². The SMILES string of the molecule is CC1CCC(c2ccc(N(c3ccccc3)c3ccccc3)cc2)(c2ccc(N(c3ccc(C45CC6CC(CC(C6)C4)C5)cc3)c3ccc4c(c3)C(C)(C)c3ccccc3-4)cc2)CC1. The summed E-state index contributed by atoms with van der Waals surface area (Å²) in [6.45, 7) is 7.24. The van der Waals surface area contributed by atoms with E-state index in [4.69, 9.17) is 0 Å². The smallest absolute Gasteiger partial charge is 0.0465 e. The number of hydrogen-bond donors (Lipinski definition) is 0. The Bertz CT molecular complexity index is 2700. The number of anilines is 6. The third-order valence-electron chi connectivity index (χ3n) is 17.1. The topological polar surface area (TPSA) is 6.48 Å². The van der Waals surface area contributed by atoms with Gasteiger partial charge in [-0.25, -0.2) is 0 Å². The van der Waals surface area contributed by atoms with E-state index in [2.05, 4.69) is 206 Å². The Kier molecular flexibility index (Phi) is 9.55. The molecule has 7 aromatic carbocycles. The van der Waals surface area contributed by atoms with Crippen molar-refractivity contribution in [2.75, 3.05) is 9.80 Å². The zero-order chi connectivity index (χ0) is 43.0. The van der Waals surface area contributed by atoms with Gasteiger partial charge in [0.2, 0.25) is 0 Å². The van der Waals surface area contributed by atoms with Crippen LogP contribution in [0.5, 0.6) is 0 Å². The third-order valence-corrected chi connectivity index (χ3v) is 17.1. The lowest BCUT2D eigenvalue weighted by atomic mass is 9.48. The molecule has 5 saturated carbocycles. The first kappa shape index (κ1) is 39.7. The number of benzene rings is 7. The maximum atomic E-state index is 2.54. The zero-order valence-electron chi connectivity index (χ0n) is 38.0. The second-order valence-corrected chi connectivity index (χ2v) is 21.3. The van der Waals surface area contributed by atoms with Crippen LogP contribution in [0.4, 0.5) is 34.1 Å². The lowest BCUT2D eigenvalue weighted by Gasteiger charge is -2.57. The first-order chi connectivity index (χ1) is 31.3. The first-order valence-electron chi connectivity index (χ1n) is 24.5. The summed E-state index contributed by atoms with van der Waals surface area (Å²) >= 11 is 0. The summed E-state index contributed by atoms with van der Waals surface area (Å²) < 4.78 is 0. The molecule has 13 rings (SSSR count). The molecule has 320 valence electrons. The van der Waals surface area contributed by atoms with Crippen LogP contribution < -0.4 is 9.80 Å². The highest BCUT2D eigenvalue weighted by Crippen LogP contribution is 2.61. The van der Waals surface area contributed by atoms with E-state index in [0.29, 0.717) is 5.41 Å². The molecule has 6 aliphatic carbocycles. The Balaban J connectivity index is 0.922. The Hall–Kier alpha value is -5.86. The van der Waals surface area contributed by atoms with E-state index in [1.165, 1.54) is 119 Å². The molecule has 0 atom stereocenters. The molecule has 0 heterocycles. The molecule has 0 unspecified atom stereocenters. The van der Waals surface area contributed by atoms with E-state index in [1.807, 2.05) is 0 Å². The van der Waals surface area contributed by atoms with Gasteiger partial charge in [0, 0.05) is 45.0 Å². The van der Waals surface area contributed by atoms with Gasteiger partial charge >= 0.3 is 0 Å². The van der Waals surface area contributed by atoms with Crippen LogP contribution in [0, 0.1) is 23.7 Å². The predicted molar refractivity (Wildman–Crippen MR) is 268 cm³/mol. The molecule has 0 amide bonds. The van der Waals surface area contributed by atoms with Crippen molar-refractivity contribution in [2.24, 2.45) is 23.7 Å². The highest BCUT2D eigenvalue weighted by Gasteiger charge is 2.51. The minimum atomic E-state index is -0.0703. The molecular weight excluding hydrogens is 773 g/mol. The van der Waals surface area contributed by atoms with Gasteiger partial charge in [-0.15, -0.1) is 0 Å². The van der Waals surface area contributed by atoms with Crippen molar-refractivity contribution in [3.63, 3.8) is 0 Å². The fourth-order valence-electron chi connectivity index (χ4n) is 14.2. The minimum Gasteiger partial charge on any atom is -0.311 e. The summed E-state index contributed by atoms with van der Waals surface area (Å²) in [6.07, 6.45) is 13.4. The Morgan fingerprint density at radius 1 is 0.406 bits per heavy atom. The minimum absolute atomic E-state index is 0.0401. The van der Waals surface area contributed by atoms with E-state index in [0.717, 1.165) is 36.5 Å². The number of para-hydroxylation sites is 2. The lowest BCUT2D eigenvalue weighted by molar-refractivity contribution is -0.00518. The fraction of sp³-hybridized carbons (Fsp3) is 0.323. The first-order valence-corrected chi connectivity index (χ1v) is 24.5. The summed E-state index contributed by atoms with van der Waals surface area (Å²) in [5, 5.41) is 0. The Morgan fingerprint density at radius 3 is 1.33 bits per heavy atom. The second-order valence-electron chi connectivity index (χ2n) is 21.3. The van der Waals surface area contributed by atoms with Crippen LogP contribution in [0.15, 0.2) is 176 Å². The lowest BCUT2D eigenvalue weighted by Crippen LogP contribution is -2.48. The van der Waals surface area contributed by atoms with Gasteiger partial charge < -0.3 is 9.80 Å². The highest BCUT2D eigenvalue weighted by molar-refractivity contribution is 5.86. The summed E-state index contributed by atoms with van der Waals surface area (Å²) in [6, 6.07) is 67.1. The maximum Gasteiger partial charge on any atom is 0.0465 e. The van der Waals surface area contributed by atoms with E-state index in [-0.39, 0.29) is 10.8 Å². The number of hydrogen-bond acceptors (Lipinski definition) is 2. The average Bonchev–Trinajstić information content (AvgIpc) is 3.56. The largest absolute Gasteiger partial charge is 0.311 e. The maximum absolute atomic E-state index is 2.54. The molecule has 2 heteroatoms. The molecule has 0 aromatic heterocycles. The van der Waals surface area contributed by atoms with Gasteiger partial charge in [-0.2, -0.15) is 0 Å². The zero-order valence-corrected chi connectivity index (χ0v) is 38.0. The molecule has 64 heavy (non-hydrogen) atoms. The van der Waals surface area contributed by atoms with Gasteiger partial charge in [-0.1, -0.05) is 124 Å². The van der Waals surface area contributed by atoms with E-state index < -0.39 is 0 Å². The van der Waals surface area contributed by atoms with Crippen LogP contribution in [0.2, 0.25) is 0 Å². The van der Waals surface area contributed by atoms with Gasteiger partial charge in [-0.05, 0) is 205 Å². The number of rotatable bonds is 9. The van der Waals surface area contributed by atoms with Crippen molar-refractivity contribution in [2.45, 2.75) is 101 Å². The van der Waals surface area contributed by atoms with Crippen molar-refractivity contribution in [1.29, 1.82) is 0 Å². The van der Waals surface area contributed by atoms with Crippen molar-refractivity contribution in [3.05, 3.63) is 204 Å². The third kappa shape index (κ3) is 6.57. The molecule has 7 aromatic rings. The summed E-state index contributed by atoms with van der Waals surface area (Å²) in [5.74, 6) is 3.55. The molecule has 4 bridgehead atoms. The van der Waals surface area contributed by atoms with E-state index >= 15 is 0 Å². The Labute approximate surface area is 382 Å². The molecule has 2 nitrogen and oxygen atoms in total. The predicted octanol–water partition coefficient (Wildman–Crippen LogP) is 16.9. The van der Waals surface area contributed by atoms with Gasteiger partial charge in [0.05, 0.1) is 0 Å². The molecule has 0 spiro atoms. The molecule has 6 aliphatic rings. The second kappa shape index (κ2) is 15.4. The molecule has 0 saturated heterocycles. The van der Waals surface area contributed by atoms with Crippen molar-refractivity contribution < 1.29 is 0 Å². The van der Waals surface area contributed by atoms with Crippen LogP contribution in [0.25, 0.3) is 11.1 Å². The normalized spacial score (nSPS) is 26.0. The fourth-order valence-corrected chi connectivity index (χ4v) is 14.2. The standard InChI is InChI=1S/C62H62N2/c1-43-32-34-62(35-33-43,48-20-26-52(27-21-48)63(50-12-6-4-7-13-50)51-14-8-5-9-15-51)49-22-28-54(29-23-49)64(55-30-31-57-56-16-10-11-17-58(56)60(2,3)59(57)39-55)53-24-18-47(19-25-53)61-40-44-36-45(41-61)38-46(37-44)42-61/h4-31,39,43-46H,32-38,40-42H2,1-3H3. The van der Waals surface area contributed by atoms with Crippen LogP contribution >= 0.6 is 0 Å². The van der Waals surface area contributed by atoms with Gasteiger partial charge in [0.25, 0.3) is 0 Å². The molecule has 0 aliphatic heterocycles. The molecule has 0 radical (unpaired) electrons. The van der Waals surface area contributed by atoms with Crippen LogP contribution in [-0.4, -0.2) is 0 Å². The summed E-state index contributed by atoms with van der Waals surface area (Å²) in [5.41, 5.74) is 17.5. The molecule has 5 fully saturated rings. The van der Waals surface area contributed by atoms with Crippen molar-refractivity contribution in [1.82, 2.24) is 0 Å². The van der Waals surface area contributed by atoms with E-state index in [1.54, 1.807) is 5.56 Å². The monoisotopic (exact) mass is 834 g/mol. The summed E-state index contributed by atoms with van der Waals surface area (Å²) in [4.78, 5) is 4.91. The Morgan fingerprint density at radius 2 is 0.812 bits per heavy atom. The van der Waals surface area contributed by atoms with E-state index in [9.17, 15) is 0 Å². The van der Waals surface area contributed by atoms with Gasteiger partial charge in [-0.3, -0.25) is 0 Å². The highest BCUT2D eigenvalue weighted by atomic mass is 15.1. The average molecular weight is 835 g/mol. The van der Waals surface area contributed by atoms with Crippen molar-refractivity contribution in [3.8, 4) is 11.1 Å². The molecule has 0 N–H and O–H groups in total.